The maximum atomic E-state index is 12.7. The van der Waals surface area contributed by atoms with Crippen molar-refractivity contribution in [3.8, 4) is 5.75 Å². The van der Waals surface area contributed by atoms with Crippen molar-refractivity contribution in [2.75, 3.05) is 12.0 Å². The van der Waals surface area contributed by atoms with Gasteiger partial charge in [-0.3, -0.25) is 4.79 Å². The summed E-state index contributed by atoms with van der Waals surface area (Å²) < 4.78 is 6.70. The number of rotatable bonds is 3. The molecule has 0 saturated carbocycles. The van der Waals surface area contributed by atoms with Gasteiger partial charge < -0.3 is 14.7 Å². The summed E-state index contributed by atoms with van der Waals surface area (Å²) in [5, 5.41) is 10.7. The van der Waals surface area contributed by atoms with Gasteiger partial charge in [0, 0.05) is 14.5 Å². The number of hydrogen-bond acceptors (Lipinski definition) is 3. The Kier molecular flexibility index (Phi) is 4.25. The topological polar surface area (TPSA) is 49.8 Å². The fraction of sp³-hybridized carbons (Fsp3) is 0.235. The van der Waals surface area contributed by atoms with Gasteiger partial charge >= 0.3 is 0 Å². The summed E-state index contributed by atoms with van der Waals surface area (Å²) in [6.07, 6.45) is 0. The number of aliphatic hydroxyl groups is 1. The van der Waals surface area contributed by atoms with Gasteiger partial charge in [0.05, 0.1) is 19.3 Å². The predicted octanol–water partition coefficient (Wildman–Crippen LogP) is 3.97. The fourth-order valence-corrected chi connectivity index (χ4v) is 4.39. The molecule has 0 saturated heterocycles. The lowest BCUT2D eigenvalue weighted by atomic mass is 9.98. The Balaban J connectivity index is 2.02. The van der Waals surface area contributed by atoms with E-state index in [-0.39, 0.29) is 5.91 Å². The normalized spacial score (nSPS) is 19.9. The number of methoxy groups -OCH3 is 1. The summed E-state index contributed by atoms with van der Waals surface area (Å²) >= 11 is 6.89. The van der Waals surface area contributed by atoms with Gasteiger partial charge in [-0.25, -0.2) is 0 Å². The quantitative estimate of drug-likeness (QED) is 0.785. The number of amides is 1. The number of carbonyl (C=O) groups excluding carboxylic acids is 1. The van der Waals surface area contributed by atoms with Crippen LogP contribution in [0.2, 0.25) is 0 Å². The SMILES string of the molecule is COc1ccc(CN2C(=O)C(C)(O)c3c(Br)cc(Br)cc32)cc1. The second-order valence-electron chi connectivity index (χ2n) is 5.59. The maximum absolute atomic E-state index is 12.7. The number of halogens is 2. The minimum Gasteiger partial charge on any atom is -0.497 e. The van der Waals surface area contributed by atoms with Gasteiger partial charge in [0.2, 0.25) is 0 Å². The molecule has 0 bridgehead atoms. The van der Waals surface area contributed by atoms with E-state index in [4.69, 9.17) is 4.74 Å². The van der Waals surface area contributed by atoms with Crippen LogP contribution in [0.4, 0.5) is 5.69 Å². The second kappa shape index (κ2) is 5.92. The zero-order chi connectivity index (χ0) is 16.8. The molecule has 0 aliphatic carbocycles. The van der Waals surface area contributed by atoms with Crippen LogP contribution in [0, 0.1) is 0 Å². The van der Waals surface area contributed by atoms with Gasteiger partial charge in [0.1, 0.15) is 5.75 Å². The molecule has 1 heterocycles. The third-order valence-corrected chi connectivity index (χ3v) is 5.06. The highest BCUT2D eigenvalue weighted by Crippen LogP contribution is 2.46. The fourth-order valence-electron chi connectivity index (χ4n) is 2.80. The van der Waals surface area contributed by atoms with Crippen LogP contribution in [0.5, 0.6) is 5.75 Å². The van der Waals surface area contributed by atoms with E-state index in [1.165, 1.54) is 6.92 Å². The Morgan fingerprint density at radius 2 is 1.87 bits per heavy atom. The highest BCUT2D eigenvalue weighted by Gasteiger charge is 2.47. The van der Waals surface area contributed by atoms with Crippen LogP contribution >= 0.6 is 31.9 Å². The first-order chi connectivity index (χ1) is 10.8. The molecule has 1 aliphatic rings. The van der Waals surface area contributed by atoms with Crippen molar-refractivity contribution in [1.29, 1.82) is 0 Å². The zero-order valence-electron chi connectivity index (χ0n) is 12.6. The molecule has 2 aromatic rings. The molecule has 120 valence electrons. The first kappa shape index (κ1) is 16.5. The van der Waals surface area contributed by atoms with E-state index in [1.54, 1.807) is 12.0 Å². The standard InChI is InChI=1S/C17H15Br2NO3/c1-17(22)15-13(19)7-11(18)8-14(15)20(16(17)21)9-10-3-5-12(23-2)6-4-10/h3-8,22H,9H2,1-2H3. The molecular weight excluding hydrogens is 426 g/mol. The lowest BCUT2D eigenvalue weighted by molar-refractivity contribution is -0.134. The first-order valence-corrected chi connectivity index (χ1v) is 8.60. The van der Waals surface area contributed by atoms with Crippen LogP contribution in [0.15, 0.2) is 45.3 Å². The van der Waals surface area contributed by atoms with E-state index in [9.17, 15) is 9.90 Å². The molecule has 1 unspecified atom stereocenters. The second-order valence-corrected chi connectivity index (χ2v) is 7.36. The van der Waals surface area contributed by atoms with Crippen LogP contribution < -0.4 is 9.64 Å². The Bertz CT molecular complexity index is 772. The summed E-state index contributed by atoms with van der Waals surface area (Å²) in [4.78, 5) is 14.3. The number of ether oxygens (including phenoxy) is 1. The van der Waals surface area contributed by atoms with Crippen molar-refractivity contribution < 1.29 is 14.6 Å². The number of anilines is 1. The molecule has 4 nitrogen and oxygen atoms in total. The Labute approximate surface area is 151 Å². The molecule has 6 heteroatoms. The number of fused-ring (bicyclic) bond motifs is 1. The monoisotopic (exact) mass is 439 g/mol. The maximum Gasteiger partial charge on any atom is 0.263 e. The van der Waals surface area contributed by atoms with Gasteiger partial charge in [0.25, 0.3) is 5.91 Å². The van der Waals surface area contributed by atoms with Crippen molar-refractivity contribution in [3.05, 3.63) is 56.5 Å². The summed E-state index contributed by atoms with van der Waals surface area (Å²) in [6, 6.07) is 11.2. The molecule has 1 atom stereocenters. The molecular formula is C17H15Br2NO3. The van der Waals surface area contributed by atoms with E-state index < -0.39 is 5.60 Å². The van der Waals surface area contributed by atoms with Crippen molar-refractivity contribution in [2.24, 2.45) is 0 Å². The van der Waals surface area contributed by atoms with Crippen molar-refractivity contribution >= 4 is 43.5 Å². The van der Waals surface area contributed by atoms with E-state index >= 15 is 0 Å². The third kappa shape index (κ3) is 2.79. The molecule has 0 radical (unpaired) electrons. The summed E-state index contributed by atoms with van der Waals surface area (Å²) in [7, 11) is 1.61. The summed E-state index contributed by atoms with van der Waals surface area (Å²) in [6.45, 7) is 1.91. The van der Waals surface area contributed by atoms with Gasteiger partial charge in [-0.05, 0) is 36.8 Å². The summed E-state index contributed by atoms with van der Waals surface area (Å²) in [5.41, 5.74) is 0.719. The van der Waals surface area contributed by atoms with E-state index in [1.807, 2.05) is 36.4 Å². The van der Waals surface area contributed by atoms with Crippen LogP contribution in [0.3, 0.4) is 0 Å². The number of hydrogen-bond donors (Lipinski definition) is 1. The molecule has 1 N–H and O–H groups in total. The molecule has 0 aromatic heterocycles. The van der Waals surface area contributed by atoms with E-state index in [0.29, 0.717) is 22.3 Å². The molecule has 2 aromatic carbocycles. The average molecular weight is 441 g/mol. The predicted molar refractivity (Wildman–Crippen MR) is 95.6 cm³/mol. The zero-order valence-corrected chi connectivity index (χ0v) is 15.8. The van der Waals surface area contributed by atoms with Crippen LogP contribution in [-0.2, 0) is 16.9 Å². The van der Waals surface area contributed by atoms with Gasteiger partial charge in [-0.2, -0.15) is 0 Å². The first-order valence-electron chi connectivity index (χ1n) is 7.01. The highest BCUT2D eigenvalue weighted by molar-refractivity contribution is 9.11. The van der Waals surface area contributed by atoms with E-state index in [0.717, 1.165) is 15.8 Å². The smallest absolute Gasteiger partial charge is 0.263 e. The highest BCUT2D eigenvalue weighted by atomic mass is 79.9. The van der Waals surface area contributed by atoms with Crippen LogP contribution in [-0.4, -0.2) is 18.1 Å². The Hall–Kier alpha value is -1.37. The minimum atomic E-state index is -1.54. The molecule has 23 heavy (non-hydrogen) atoms. The van der Waals surface area contributed by atoms with E-state index in [2.05, 4.69) is 31.9 Å². The number of benzene rings is 2. The van der Waals surface area contributed by atoms with Gasteiger partial charge in [0.15, 0.2) is 5.60 Å². The molecule has 1 amide bonds. The van der Waals surface area contributed by atoms with Crippen LogP contribution in [0.1, 0.15) is 18.1 Å². The van der Waals surface area contributed by atoms with Crippen LogP contribution in [0.25, 0.3) is 0 Å². The number of carbonyl (C=O) groups is 1. The Morgan fingerprint density at radius 3 is 2.48 bits per heavy atom. The lowest BCUT2D eigenvalue weighted by Crippen LogP contribution is -2.37. The van der Waals surface area contributed by atoms with Gasteiger partial charge in [-0.15, -0.1) is 0 Å². The minimum absolute atomic E-state index is 0.331. The number of nitrogens with zero attached hydrogens (tertiary/aromatic N) is 1. The Morgan fingerprint density at radius 1 is 1.22 bits per heavy atom. The largest absolute Gasteiger partial charge is 0.497 e. The van der Waals surface area contributed by atoms with Crippen molar-refractivity contribution in [1.82, 2.24) is 0 Å². The summed E-state index contributed by atoms with van der Waals surface area (Å²) in [5.74, 6) is 0.432. The van der Waals surface area contributed by atoms with Crippen molar-refractivity contribution in [3.63, 3.8) is 0 Å². The molecule has 0 fully saturated rings. The molecule has 3 rings (SSSR count). The molecule has 1 aliphatic heterocycles. The third-order valence-electron chi connectivity index (χ3n) is 3.97. The average Bonchev–Trinajstić information content (AvgIpc) is 2.68. The molecule has 0 spiro atoms. The lowest BCUT2D eigenvalue weighted by Gasteiger charge is -2.20. The van der Waals surface area contributed by atoms with Gasteiger partial charge in [-0.1, -0.05) is 44.0 Å². The van der Waals surface area contributed by atoms with Crippen molar-refractivity contribution in [2.45, 2.75) is 19.1 Å².